The standard InChI is InChI=1S/C21H34N4O2.HI/c1-4-13-27-19-14-16(3)8-9-17(19)15-24-21(22-5-2)23-12-6-7-20(26)25-18-10-11-18;/h8-9,14,18H,4-7,10-13,15H2,1-3H3,(H,25,26)(H2,22,23,24);1H. The van der Waals surface area contributed by atoms with Crippen molar-refractivity contribution in [1.82, 2.24) is 16.0 Å². The van der Waals surface area contributed by atoms with Gasteiger partial charge in [-0.25, -0.2) is 4.99 Å². The highest BCUT2D eigenvalue weighted by molar-refractivity contribution is 14.0. The van der Waals surface area contributed by atoms with Crippen molar-refractivity contribution < 1.29 is 9.53 Å². The third kappa shape index (κ3) is 9.61. The molecule has 0 aliphatic heterocycles. The molecule has 2 rings (SSSR count). The maximum Gasteiger partial charge on any atom is 0.220 e. The Bertz CT molecular complexity index is 633. The summed E-state index contributed by atoms with van der Waals surface area (Å²) in [6.45, 7) is 8.99. The molecule has 0 bridgehead atoms. The summed E-state index contributed by atoms with van der Waals surface area (Å²) in [7, 11) is 0. The number of hydrogen-bond donors (Lipinski definition) is 3. The van der Waals surface area contributed by atoms with Crippen molar-refractivity contribution in [1.29, 1.82) is 0 Å². The van der Waals surface area contributed by atoms with E-state index in [9.17, 15) is 4.79 Å². The number of nitrogens with one attached hydrogen (secondary N) is 3. The van der Waals surface area contributed by atoms with Crippen LogP contribution in [0.5, 0.6) is 5.75 Å². The summed E-state index contributed by atoms with van der Waals surface area (Å²) in [6, 6.07) is 6.67. The zero-order chi connectivity index (χ0) is 19.5. The monoisotopic (exact) mass is 502 g/mol. The minimum atomic E-state index is 0. The molecule has 1 aromatic rings. The number of benzene rings is 1. The fourth-order valence-corrected chi connectivity index (χ4v) is 2.63. The Balaban J connectivity index is 0.00000392. The van der Waals surface area contributed by atoms with E-state index in [1.54, 1.807) is 0 Å². The van der Waals surface area contributed by atoms with E-state index < -0.39 is 0 Å². The molecule has 0 unspecified atom stereocenters. The van der Waals surface area contributed by atoms with E-state index in [1.807, 2.05) is 6.92 Å². The molecular weight excluding hydrogens is 467 g/mol. The highest BCUT2D eigenvalue weighted by Gasteiger charge is 2.22. The van der Waals surface area contributed by atoms with Crippen molar-refractivity contribution in [2.45, 2.75) is 65.5 Å². The molecule has 0 atom stereocenters. The van der Waals surface area contributed by atoms with Crippen LogP contribution in [0.25, 0.3) is 0 Å². The molecule has 1 fully saturated rings. The Morgan fingerprint density at radius 2 is 2.04 bits per heavy atom. The largest absolute Gasteiger partial charge is 0.493 e. The Morgan fingerprint density at radius 1 is 1.25 bits per heavy atom. The summed E-state index contributed by atoms with van der Waals surface area (Å²) < 4.78 is 5.87. The first-order valence-corrected chi connectivity index (χ1v) is 10.2. The first-order chi connectivity index (χ1) is 13.1. The maximum absolute atomic E-state index is 11.7. The summed E-state index contributed by atoms with van der Waals surface area (Å²) in [4.78, 5) is 16.4. The number of ether oxygens (including phenoxy) is 1. The van der Waals surface area contributed by atoms with Crippen LogP contribution >= 0.6 is 24.0 Å². The summed E-state index contributed by atoms with van der Waals surface area (Å²) in [5, 5.41) is 9.58. The van der Waals surface area contributed by atoms with Gasteiger partial charge in [0.05, 0.1) is 13.2 Å². The van der Waals surface area contributed by atoms with E-state index in [-0.39, 0.29) is 29.9 Å². The van der Waals surface area contributed by atoms with Crippen LogP contribution in [0.3, 0.4) is 0 Å². The average Bonchev–Trinajstić information content (AvgIpc) is 3.46. The second-order valence-electron chi connectivity index (χ2n) is 7.03. The molecule has 158 valence electrons. The predicted molar refractivity (Wildman–Crippen MR) is 126 cm³/mol. The van der Waals surface area contributed by atoms with E-state index in [1.165, 1.54) is 5.56 Å². The van der Waals surface area contributed by atoms with Gasteiger partial charge in [-0.3, -0.25) is 4.79 Å². The van der Waals surface area contributed by atoms with E-state index in [2.05, 4.69) is 53.0 Å². The first kappa shape index (κ1) is 24.5. The SMILES string of the molecule is CCCOc1cc(C)ccc1CN=C(NCC)NCCCC(=O)NC1CC1.I. The van der Waals surface area contributed by atoms with E-state index in [0.717, 1.165) is 56.0 Å². The van der Waals surface area contributed by atoms with Gasteiger partial charge in [-0.2, -0.15) is 0 Å². The zero-order valence-corrected chi connectivity index (χ0v) is 19.7. The number of aliphatic imine (C=N–C) groups is 1. The topological polar surface area (TPSA) is 74.8 Å². The molecule has 0 spiro atoms. The highest BCUT2D eigenvalue weighted by Crippen LogP contribution is 2.21. The van der Waals surface area contributed by atoms with Crippen molar-refractivity contribution in [3.63, 3.8) is 0 Å². The number of amides is 1. The number of nitrogens with zero attached hydrogens (tertiary/aromatic N) is 1. The van der Waals surface area contributed by atoms with Crippen molar-refractivity contribution >= 4 is 35.8 Å². The molecule has 0 heterocycles. The minimum absolute atomic E-state index is 0. The minimum Gasteiger partial charge on any atom is -0.493 e. The Morgan fingerprint density at radius 3 is 2.71 bits per heavy atom. The summed E-state index contributed by atoms with van der Waals surface area (Å²) >= 11 is 0. The van der Waals surface area contributed by atoms with Gasteiger partial charge in [-0.05, 0) is 51.2 Å². The number of aryl methyl sites for hydroxylation is 1. The van der Waals surface area contributed by atoms with Crippen LogP contribution in [0, 0.1) is 6.92 Å². The summed E-state index contributed by atoms with van der Waals surface area (Å²) in [5.74, 6) is 1.83. The molecule has 1 saturated carbocycles. The van der Waals surface area contributed by atoms with Crippen molar-refractivity contribution in [3.05, 3.63) is 29.3 Å². The lowest BCUT2D eigenvalue weighted by molar-refractivity contribution is -0.121. The lowest BCUT2D eigenvalue weighted by Crippen LogP contribution is -2.38. The molecule has 1 aliphatic rings. The van der Waals surface area contributed by atoms with Crippen molar-refractivity contribution in [2.24, 2.45) is 4.99 Å². The predicted octanol–water partition coefficient (Wildman–Crippen LogP) is 3.52. The quantitative estimate of drug-likeness (QED) is 0.187. The molecule has 1 amide bonds. The van der Waals surface area contributed by atoms with E-state index in [0.29, 0.717) is 25.6 Å². The number of guanidine groups is 1. The lowest BCUT2D eigenvalue weighted by atomic mass is 10.1. The molecule has 1 aliphatic carbocycles. The highest BCUT2D eigenvalue weighted by atomic mass is 127. The lowest BCUT2D eigenvalue weighted by Gasteiger charge is -2.13. The third-order valence-electron chi connectivity index (χ3n) is 4.25. The van der Waals surface area contributed by atoms with Gasteiger partial charge in [0.2, 0.25) is 5.91 Å². The van der Waals surface area contributed by atoms with Gasteiger partial charge in [-0.1, -0.05) is 19.1 Å². The van der Waals surface area contributed by atoms with E-state index >= 15 is 0 Å². The van der Waals surface area contributed by atoms with Gasteiger partial charge in [0.1, 0.15) is 5.75 Å². The van der Waals surface area contributed by atoms with Gasteiger partial charge in [0.15, 0.2) is 5.96 Å². The molecule has 0 aromatic heterocycles. The Kier molecular flexibility index (Phi) is 11.9. The smallest absolute Gasteiger partial charge is 0.220 e. The molecule has 3 N–H and O–H groups in total. The van der Waals surface area contributed by atoms with Gasteiger partial charge in [0, 0.05) is 31.1 Å². The second-order valence-corrected chi connectivity index (χ2v) is 7.03. The third-order valence-corrected chi connectivity index (χ3v) is 4.25. The fraction of sp³-hybridized carbons (Fsp3) is 0.619. The number of carbonyl (C=O) groups is 1. The van der Waals surface area contributed by atoms with Gasteiger partial charge < -0.3 is 20.7 Å². The molecular formula is C21H35IN4O2. The molecule has 0 saturated heterocycles. The molecule has 6 nitrogen and oxygen atoms in total. The van der Waals surface area contributed by atoms with Gasteiger partial charge >= 0.3 is 0 Å². The normalized spacial score (nSPS) is 13.5. The van der Waals surface area contributed by atoms with Crippen LogP contribution in [0.15, 0.2) is 23.2 Å². The molecule has 0 radical (unpaired) electrons. The Labute approximate surface area is 186 Å². The number of rotatable bonds is 11. The number of hydrogen-bond acceptors (Lipinski definition) is 3. The van der Waals surface area contributed by atoms with Crippen LogP contribution in [0.2, 0.25) is 0 Å². The first-order valence-electron chi connectivity index (χ1n) is 10.2. The van der Waals surface area contributed by atoms with Crippen LogP contribution in [-0.2, 0) is 11.3 Å². The molecule has 28 heavy (non-hydrogen) atoms. The summed E-state index contributed by atoms with van der Waals surface area (Å²) in [5.41, 5.74) is 2.26. The Hall–Kier alpha value is -1.51. The van der Waals surface area contributed by atoms with Crippen LogP contribution in [-0.4, -0.2) is 37.6 Å². The van der Waals surface area contributed by atoms with Crippen LogP contribution in [0.4, 0.5) is 0 Å². The van der Waals surface area contributed by atoms with Gasteiger partial charge in [0.25, 0.3) is 0 Å². The number of carbonyl (C=O) groups excluding carboxylic acids is 1. The van der Waals surface area contributed by atoms with Crippen LogP contribution in [0.1, 0.15) is 57.1 Å². The van der Waals surface area contributed by atoms with E-state index in [4.69, 9.17) is 4.74 Å². The maximum atomic E-state index is 11.7. The van der Waals surface area contributed by atoms with Crippen molar-refractivity contribution in [2.75, 3.05) is 19.7 Å². The molecule has 7 heteroatoms. The fourth-order valence-electron chi connectivity index (χ4n) is 2.63. The van der Waals surface area contributed by atoms with Crippen LogP contribution < -0.4 is 20.7 Å². The molecule has 1 aromatic carbocycles. The second kappa shape index (κ2) is 13.6. The zero-order valence-electron chi connectivity index (χ0n) is 17.3. The number of halogens is 1. The average molecular weight is 502 g/mol. The summed E-state index contributed by atoms with van der Waals surface area (Å²) in [6.07, 6.45) is 4.58. The van der Waals surface area contributed by atoms with Gasteiger partial charge in [-0.15, -0.1) is 24.0 Å². The van der Waals surface area contributed by atoms with Crippen molar-refractivity contribution in [3.8, 4) is 5.75 Å².